The molecule has 0 radical (unpaired) electrons. The van der Waals surface area contributed by atoms with Crippen molar-refractivity contribution in [1.29, 1.82) is 0 Å². The van der Waals surface area contributed by atoms with E-state index in [4.69, 9.17) is 0 Å². The van der Waals surface area contributed by atoms with Crippen LogP contribution in [0.3, 0.4) is 0 Å². The van der Waals surface area contributed by atoms with E-state index in [9.17, 15) is 9.18 Å². The molecule has 0 spiro atoms. The second kappa shape index (κ2) is 6.11. The fourth-order valence-corrected chi connectivity index (χ4v) is 3.13. The van der Waals surface area contributed by atoms with Crippen LogP contribution in [0.25, 0.3) is 0 Å². The first-order valence-electron chi connectivity index (χ1n) is 4.74. The van der Waals surface area contributed by atoms with Crippen LogP contribution in [0.15, 0.2) is 26.8 Å². The molecule has 8 heteroatoms. The van der Waals surface area contributed by atoms with Crippen molar-refractivity contribution in [2.45, 2.75) is 0 Å². The van der Waals surface area contributed by atoms with Gasteiger partial charge in [0.2, 0.25) is 5.91 Å². The van der Waals surface area contributed by atoms with Gasteiger partial charge in [0.25, 0.3) is 0 Å². The third-order valence-corrected chi connectivity index (χ3v) is 4.35. The molecule has 1 aliphatic rings. The van der Waals surface area contributed by atoms with Crippen LogP contribution in [0.1, 0.15) is 5.56 Å². The molecule has 1 N–H and O–H groups in total. The van der Waals surface area contributed by atoms with Crippen LogP contribution in [0.4, 0.5) is 4.39 Å². The molecule has 0 saturated carbocycles. The van der Waals surface area contributed by atoms with Gasteiger partial charge < -0.3 is 5.32 Å². The lowest BCUT2D eigenvalue weighted by Gasteiger charge is -2.00. The maximum absolute atomic E-state index is 13.4. The molecule has 1 aliphatic heterocycles. The molecule has 1 fully saturated rings. The van der Waals surface area contributed by atoms with Crippen LogP contribution in [-0.2, 0) is 4.79 Å². The van der Waals surface area contributed by atoms with Crippen molar-refractivity contribution in [2.75, 3.05) is 5.75 Å². The SMILES string of the molecule is O=C1CSC(=NN=Cc2cc(F)c(I)cc2Br)N1. The number of halogens is 3. The molecular weight excluding hydrogens is 436 g/mol. The number of hydrogen-bond donors (Lipinski definition) is 1. The number of thioether (sulfide) groups is 1. The Morgan fingerprint density at radius 3 is 3.00 bits per heavy atom. The molecular formula is C10H6BrFIN3OS. The normalized spacial score (nSPS) is 17.7. The molecule has 0 bridgehead atoms. The first-order valence-corrected chi connectivity index (χ1v) is 7.60. The van der Waals surface area contributed by atoms with Gasteiger partial charge in [-0.25, -0.2) is 4.39 Å². The molecule has 0 unspecified atom stereocenters. The molecule has 0 aliphatic carbocycles. The molecule has 0 aromatic heterocycles. The van der Waals surface area contributed by atoms with Crippen LogP contribution in [0.2, 0.25) is 0 Å². The number of amides is 1. The Hall–Kier alpha value is -0.480. The molecule has 18 heavy (non-hydrogen) atoms. The average Bonchev–Trinajstić information content (AvgIpc) is 2.71. The van der Waals surface area contributed by atoms with Crippen LogP contribution in [-0.4, -0.2) is 23.0 Å². The summed E-state index contributed by atoms with van der Waals surface area (Å²) in [6, 6.07) is 3.03. The summed E-state index contributed by atoms with van der Waals surface area (Å²) in [5.41, 5.74) is 0.589. The minimum Gasteiger partial charge on any atom is -0.303 e. The Kier molecular flexibility index (Phi) is 4.73. The van der Waals surface area contributed by atoms with E-state index in [1.807, 2.05) is 22.6 Å². The largest absolute Gasteiger partial charge is 0.303 e. The molecule has 4 nitrogen and oxygen atoms in total. The molecule has 1 aromatic rings. The summed E-state index contributed by atoms with van der Waals surface area (Å²) in [6.07, 6.45) is 1.43. The van der Waals surface area contributed by atoms with Crippen molar-refractivity contribution in [3.8, 4) is 0 Å². The summed E-state index contributed by atoms with van der Waals surface area (Å²) in [5, 5.41) is 10.7. The Labute approximate surface area is 129 Å². The van der Waals surface area contributed by atoms with Gasteiger partial charge in [-0.1, -0.05) is 27.7 Å². The monoisotopic (exact) mass is 441 g/mol. The Bertz CT molecular complexity index is 564. The Balaban J connectivity index is 2.14. The summed E-state index contributed by atoms with van der Waals surface area (Å²) in [4.78, 5) is 10.9. The minimum absolute atomic E-state index is 0.0876. The van der Waals surface area contributed by atoms with Crippen molar-refractivity contribution in [3.63, 3.8) is 0 Å². The van der Waals surface area contributed by atoms with E-state index in [0.717, 1.165) is 4.47 Å². The number of nitrogens with zero attached hydrogens (tertiary/aromatic N) is 2. The van der Waals surface area contributed by atoms with E-state index in [0.29, 0.717) is 20.1 Å². The zero-order chi connectivity index (χ0) is 13.1. The number of amidine groups is 1. The van der Waals surface area contributed by atoms with Gasteiger partial charge in [-0.2, -0.15) is 5.10 Å². The van der Waals surface area contributed by atoms with Gasteiger partial charge in [0.1, 0.15) is 5.82 Å². The fraction of sp³-hybridized carbons (Fsp3) is 0.100. The summed E-state index contributed by atoms with van der Waals surface area (Å²) < 4.78 is 14.6. The topological polar surface area (TPSA) is 53.8 Å². The summed E-state index contributed by atoms with van der Waals surface area (Å²) in [5.74, 6) is -0.0391. The van der Waals surface area contributed by atoms with Crippen molar-refractivity contribution in [1.82, 2.24) is 5.32 Å². The summed E-state index contributed by atoms with van der Waals surface area (Å²) >= 11 is 6.51. The molecule has 2 rings (SSSR count). The van der Waals surface area contributed by atoms with E-state index in [2.05, 4.69) is 31.4 Å². The number of hydrogen-bond acceptors (Lipinski definition) is 4. The van der Waals surface area contributed by atoms with Crippen LogP contribution < -0.4 is 5.32 Å². The predicted molar refractivity (Wildman–Crippen MR) is 82.4 cm³/mol. The van der Waals surface area contributed by atoms with E-state index in [1.54, 1.807) is 6.07 Å². The van der Waals surface area contributed by atoms with E-state index in [1.165, 1.54) is 24.0 Å². The highest BCUT2D eigenvalue weighted by atomic mass is 127. The summed E-state index contributed by atoms with van der Waals surface area (Å²) in [7, 11) is 0. The van der Waals surface area contributed by atoms with E-state index in [-0.39, 0.29) is 11.7 Å². The quantitative estimate of drug-likeness (QED) is 0.332. The predicted octanol–water partition coefficient (Wildman–Crippen LogP) is 2.75. The lowest BCUT2D eigenvalue weighted by atomic mass is 10.2. The number of rotatable bonds is 2. The van der Waals surface area contributed by atoms with E-state index >= 15 is 0 Å². The number of nitrogens with one attached hydrogen (secondary N) is 1. The molecule has 1 aromatic carbocycles. The average molecular weight is 442 g/mol. The minimum atomic E-state index is -0.309. The first kappa shape index (κ1) is 13.9. The standard InChI is InChI=1S/C10H6BrFIN3OS/c11-6-2-8(13)7(12)1-5(6)3-14-16-10-15-9(17)4-18-10/h1-3H,4H2,(H,15,16,17). The Morgan fingerprint density at radius 2 is 2.33 bits per heavy atom. The number of carbonyl (C=O) groups is 1. The van der Waals surface area contributed by atoms with Gasteiger partial charge in [0.05, 0.1) is 12.0 Å². The van der Waals surface area contributed by atoms with Gasteiger partial charge >= 0.3 is 0 Å². The second-order valence-corrected chi connectivity index (χ2v) is 6.25. The third-order valence-electron chi connectivity index (χ3n) is 1.97. The van der Waals surface area contributed by atoms with Crippen LogP contribution in [0.5, 0.6) is 0 Å². The highest BCUT2D eigenvalue weighted by Gasteiger charge is 2.15. The highest BCUT2D eigenvalue weighted by molar-refractivity contribution is 14.1. The van der Waals surface area contributed by atoms with Crippen LogP contribution >= 0.6 is 50.3 Å². The van der Waals surface area contributed by atoms with Crippen LogP contribution in [0, 0.1) is 9.39 Å². The smallest absolute Gasteiger partial charge is 0.236 e. The van der Waals surface area contributed by atoms with Gasteiger partial charge in [-0.3, -0.25) is 4.79 Å². The first-order chi connectivity index (χ1) is 8.56. The van der Waals surface area contributed by atoms with E-state index < -0.39 is 0 Å². The number of carbonyl (C=O) groups excluding carboxylic acids is 1. The molecule has 1 amide bonds. The maximum atomic E-state index is 13.4. The molecule has 94 valence electrons. The second-order valence-electron chi connectivity index (χ2n) is 3.27. The fourth-order valence-electron chi connectivity index (χ4n) is 1.16. The lowest BCUT2D eigenvalue weighted by Crippen LogP contribution is -2.19. The number of benzene rings is 1. The van der Waals surface area contributed by atoms with Crippen molar-refractivity contribution in [3.05, 3.63) is 31.6 Å². The van der Waals surface area contributed by atoms with Crippen molar-refractivity contribution in [2.24, 2.45) is 10.2 Å². The summed E-state index contributed by atoms with van der Waals surface area (Å²) in [6.45, 7) is 0. The third kappa shape index (κ3) is 3.51. The van der Waals surface area contributed by atoms with Gasteiger partial charge in [-0.05, 0) is 34.7 Å². The maximum Gasteiger partial charge on any atom is 0.236 e. The lowest BCUT2D eigenvalue weighted by molar-refractivity contribution is -0.116. The highest BCUT2D eigenvalue weighted by Crippen LogP contribution is 2.21. The van der Waals surface area contributed by atoms with Gasteiger partial charge in [0, 0.05) is 13.6 Å². The zero-order valence-electron chi connectivity index (χ0n) is 8.78. The van der Waals surface area contributed by atoms with Gasteiger partial charge in [0.15, 0.2) is 5.17 Å². The van der Waals surface area contributed by atoms with Crippen molar-refractivity contribution >= 4 is 67.6 Å². The van der Waals surface area contributed by atoms with Crippen molar-refractivity contribution < 1.29 is 9.18 Å². The molecule has 1 saturated heterocycles. The molecule has 1 heterocycles. The molecule has 0 atom stereocenters. The zero-order valence-corrected chi connectivity index (χ0v) is 13.3. The Morgan fingerprint density at radius 1 is 1.56 bits per heavy atom. The van der Waals surface area contributed by atoms with Gasteiger partial charge in [-0.15, -0.1) is 5.10 Å².